The first kappa shape index (κ1) is 13.0. The van der Waals surface area contributed by atoms with E-state index in [0.29, 0.717) is 5.75 Å². The van der Waals surface area contributed by atoms with Gasteiger partial charge in [-0.1, -0.05) is 17.3 Å². The summed E-state index contributed by atoms with van der Waals surface area (Å²) in [7, 11) is 3.23. The Bertz CT molecular complexity index is 574. The molecule has 5 heteroatoms. The number of oxime groups is 1. The molecule has 0 radical (unpaired) electrons. The minimum atomic E-state index is 0.0759. The molecule has 0 fully saturated rings. The van der Waals surface area contributed by atoms with Crippen molar-refractivity contribution in [3.8, 4) is 11.5 Å². The lowest BCUT2D eigenvalue weighted by Gasteiger charge is -2.09. The molecule has 1 aliphatic rings. The van der Waals surface area contributed by atoms with Gasteiger partial charge in [0.2, 0.25) is 0 Å². The van der Waals surface area contributed by atoms with Crippen molar-refractivity contribution < 1.29 is 14.7 Å². The minimum Gasteiger partial charge on any atom is -0.493 e. The molecule has 0 heterocycles. The SMILES string of the molecule is COc1cc2c(cc1OC)CC(/C=C/C(N)=NO)=C2. The van der Waals surface area contributed by atoms with Gasteiger partial charge in [0.25, 0.3) is 0 Å². The molecule has 0 atom stereocenters. The van der Waals surface area contributed by atoms with Gasteiger partial charge in [-0.15, -0.1) is 0 Å². The van der Waals surface area contributed by atoms with Crippen molar-refractivity contribution in [1.29, 1.82) is 0 Å². The molecule has 1 aromatic carbocycles. The van der Waals surface area contributed by atoms with E-state index in [1.54, 1.807) is 20.3 Å². The van der Waals surface area contributed by atoms with Gasteiger partial charge in [-0.25, -0.2) is 0 Å². The van der Waals surface area contributed by atoms with Crippen LogP contribution in [0.2, 0.25) is 0 Å². The van der Waals surface area contributed by atoms with Crippen molar-refractivity contribution in [2.24, 2.45) is 10.9 Å². The molecule has 0 amide bonds. The predicted molar refractivity (Wildman–Crippen MR) is 73.8 cm³/mol. The summed E-state index contributed by atoms with van der Waals surface area (Å²) in [5, 5.41) is 11.4. The standard InChI is InChI=1S/C14H16N2O3/c1-18-12-7-10-5-9(3-4-14(15)16-17)6-11(10)8-13(12)19-2/h3-5,7-8,17H,6H2,1-2H3,(H2,15,16)/b4-3+. The maximum Gasteiger partial charge on any atom is 0.162 e. The smallest absolute Gasteiger partial charge is 0.162 e. The van der Waals surface area contributed by atoms with Crippen LogP contribution in [-0.4, -0.2) is 25.3 Å². The van der Waals surface area contributed by atoms with Crippen LogP contribution in [0.5, 0.6) is 11.5 Å². The molecule has 0 bridgehead atoms. The molecule has 1 aromatic rings. The van der Waals surface area contributed by atoms with Gasteiger partial charge in [-0.3, -0.25) is 0 Å². The summed E-state index contributed by atoms with van der Waals surface area (Å²) in [6.07, 6.45) is 6.21. The second-order valence-electron chi connectivity index (χ2n) is 4.16. The Morgan fingerprint density at radius 1 is 1.32 bits per heavy atom. The average Bonchev–Trinajstić information content (AvgIpc) is 2.84. The lowest BCUT2D eigenvalue weighted by Crippen LogP contribution is -2.06. The average molecular weight is 260 g/mol. The summed E-state index contributed by atoms with van der Waals surface area (Å²) in [5.41, 5.74) is 8.73. The van der Waals surface area contributed by atoms with Crippen molar-refractivity contribution in [3.05, 3.63) is 41.0 Å². The predicted octanol–water partition coefficient (Wildman–Crippen LogP) is 1.95. The molecule has 1 aliphatic carbocycles. The van der Waals surface area contributed by atoms with Gasteiger partial charge < -0.3 is 20.4 Å². The van der Waals surface area contributed by atoms with Crippen LogP contribution in [0.1, 0.15) is 11.1 Å². The third kappa shape index (κ3) is 2.70. The third-order valence-corrected chi connectivity index (χ3v) is 2.96. The van der Waals surface area contributed by atoms with Gasteiger partial charge in [0.15, 0.2) is 17.3 Å². The van der Waals surface area contributed by atoms with E-state index in [0.717, 1.165) is 28.9 Å². The van der Waals surface area contributed by atoms with Crippen LogP contribution in [-0.2, 0) is 6.42 Å². The Kier molecular flexibility index (Phi) is 3.75. The van der Waals surface area contributed by atoms with Crippen LogP contribution in [0, 0.1) is 0 Å². The fourth-order valence-electron chi connectivity index (χ4n) is 2.03. The summed E-state index contributed by atoms with van der Waals surface area (Å²) >= 11 is 0. The van der Waals surface area contributed by atoms with Crippen LogP contribution in [0.3, 0.4) is 0 Å². The zero-order valence-corrected chi connectivity index (χ0v) is 10.9. The molecule has 19 heavy (non-hydrogen) atoms. The molecule has 0 aliphatic heterocycles. The van der Waals surface area contributed by atoms with Crippen LogP contribution >= 0.6 is 0 Å². The highest BCUT2D eigenvalue weighted by atomic mass is 16.5. The lowest BCUT2D eigenvalue weighted by molar-refractivity contribution is 0.319. The van der Waals surface area contributed by atoms with Gasteiger partial charge >= 0.3 is 0 Å². The van der Waals surface area contributed by atoms with Gasteiger partial charge in [0.1, 0.15) is 0 Å². The molecule has 5 nitrogen and oxygen atoms in total. The van der Waals surface area contributed by atoms with Crippen LogP contribution in [0.4, 0.5) is 0 Å². The number of rotatable bonds is 4. The Morgan fingerprint density at radius 2 is 2.00 bits per heavy atom. The number of allylic oxidation sites excluding steroid dienone is 2. The third-order valence-electron chi connectivity index (χ3n) is 2.96. The van der Waals surface area contributed by atoms with Crippen molar-refractivity contribution in [1.82, 2.24) is 0 Å². The second kappa shape index (κ2) is 5.48. The molecule has 3 N–H and O–H groups in total. The van der Waals surface area contributed by atoms with Crippen LogP contribution in [0.25, 0.3) is 6.08 Å². The Balaban J connectivity index is 2.26. The monoisotopic (exact) mass is 260 g/mol. The van der Waals surface area contributed by atoms with E-state index in [2.05, 4.69) is 5.16 Å². The van der Waals surface area contributed by atoms with Gasteiger partial charge in [-0.2, -0.15) is 0 Å². The van der Waals surface area contributed by atoms with Crippen molar-refractivity contribution in [2.75, 3.05) is 14.2 Å². The number of nitrogens with zero attached hydrogens (tertiary/aromatic N) is 1. The topological polar surface area (TPSA) is 77.1 Å². The molecule has 0 unspecified atom stereocenters. The van der Waals surface area contributed by atoms with Crippen LogP contribution < -0.4 is 15.2 Å². The van der Waals surface area contributed by atoms with E-state index in [1.807, 2.05) is 24.3 Å². The Hall–Kier alpha value is -2.43. The fourth-order valence-corrected chi connectivity index (χ4v) is 2.03. The lowest BCUT2D eigenvalue weighted by atomic mass is 10.1. The highest BCUT2D eigenvalue weighted by Gasteiger charge is 2.15. The van der Waals surface area contributed by atoms with E-state index in [4.69, 9.17) is 20.4 Å². The second-order valence-corrected chi connectivity index (χ2v) is 4.16. The highest BCUT2D eigenvalue weighted by Crippen LogP contribution is 2.36. The minimum absolute atomic E-state index is 0.0759. The van der Waals surface area contributed by atoms with Crippen LogP contribution in [0.15, 0.2) is 35.0 Å². The zero-order chi connectivity index (χ0) is 13.8. The first-order valence-corrected chi connectivity index (χ1v) is 5.79. The van der Waals surface area contributed by atoms with E-state index >= 15 is 0 Å². The quantitative estimate of drug-likeness (QED) is 0.375. The number of fused-ring (bicyclic) bond motifs is 1. The van der Waals surface area contributed by atoms with E-state index in [1.165, 1.54) is 0 Å². The summed E-state index contributed by atoms with van der Waals surface area (Å²) in [6.45, 7) is 0. The number of methoxy groups -OCH3 is 2. The van der Waals surface area contributed by atoms with Crippen molar-refractivity contribution >= 4 is 11.9 Å². The summed E-state index contributed by atoms with van der Waals surface area (Å²) < 4.78 is 10.5. The number of benzene rings is 1. The molecule has 0 aromatic heterocycles. The largest absolute Gasteiger partial charge is 0.493 e. The number of hydrogen-bond acceptors (Lipinski definition) is 4. The summed E-state index contributed by atoms with van der Waals surface area (Å²) in [4.78, 5) is 0. The molecular weight excluding hydrogens is 244 g/mol. The van der Waals surface area contributed by atoms with Gasteiger partial charge in [-0.05, 0) is 41.3 Å². The highest BCUT2D eigenvalue weighted by molar-refractivity contribution is 5.91. The Labute approximate surface area is 111 Å². The zero-order valence-electron chi connectivity index (χ0n) is 10.9. The first-order chi connectivity index (χ1) is 9.17. The molecular formula is C14H16N2O3. The fraction of sp³-hybridized carbons (Fsp3) is 0.214. The maximum atomic E-state index is 8.48. The van der Waals surface area contributed by atoms with E-state index in [-0.39, 0.29) is 5.84 Å². The molecule has 0 saturated carbocycles. The number of amidine groups is 1. The maximum absolute atomic E-state index is 8.48. The molecule has 2 rings (SSSR count). The normalized spacial score (nSPS) is 14.4. The van der Waals surface area contributed by atoms with Crippen molar-refractivity contribution in [2.45, 2.75) is 6.42 Å². The number of ether oxygens (including phenoxy) is 2. The molecule has 0 saturated heterocycles. The Morgan fingerprint density at radius 3 is 2.63 bits per heavy atom. The van der Waals surface area contributed by atoms with E-state index < -0.39 is 0 Å². The molecule has 0 spiro atoms. The number of hydrogen-bond donors (Lipinski definition) is 2. The number of nitrogens with two attached hydrogens (primary N) is 1. The van der Waals surface area contributed by atoms with E-state index in [9.17, 15) is 0 Å². The van der Waals surface area contributed by atoms with Crippen molar-refractivity contribution in [3.63, 3.8) is 0 Å². The summed E-state index contributed by atoms with van der Waals surface area (Å²) in [6, 6.07) is 3.91. The molecule has 100 valence electrons. The summed E-state index contributed by atoms with van der Waals surface area (Å²) in [5.74, 6) is 1.50. The van der Waals surface area contributed by atoms with Gasteiger partial charge in [0.05, 0.1) is 14.2 Å². The first-order valence-electron chi connectivity index (χ1n) is 5.79. The van der Waals surface area contributed by atoms with Gasteiger partial charge in [0, 0.05) is 0 Å².